The molecule has 3 aromatic carbocycles. The number of nitrogens with one attached hydrogen (secondary N) is 1. The average Bonchev–Trinajstić information content (AvgIpc) is 3.20. The predicted molar refractivity (Wildman–Crippen MR) is 131 cm³/mol. The van der Waals surface area contributed by atoms with Crippen LogP contribution >= 0.6 is 11.8 Å². The summed E-state index contributed by atoms with van der Waals surface area (Å²) >= 11 is 1.59. The van der Waals surface area contributed by atoms with Crippen LogP contribution in [0.25, 0.3) is 0 Å². The molecule has 0 aliphatic carbocycles. The molecule has 0 spiro atoms. The number of benzene rings is 3. The number of thioether (sulfide) groups is 1. The number of ether oxygens (including phenoxy) is 1. The lowest BCUT2D eigenvalue weighted by Gasteiger charge is -2.25. The van der Waals surface area contributed by atoms with Gasteiger partial charge in [-0.05, 0) is 59.5 Å². The van der Waals surface area contributed by atoms with Crippen molar-refractivity contribution in [3.8, 4) is 5.75 Å². The minimum Gasteiger partial charge on any atom is -0.497 e. The predicted octanol–water partition coefficient (Wildman–Crippen LogP) is 5.85. The van der Waals surface area contributed by atoms with E-state index in [2.05, 4.69) is 31.3 Å². The van der Waals surface area contributed by atoms with Gasteiger partial charge in [0.15, 0.2) is 0 Å². The smallest absolute Gasteiger partial charge is 0.255 e. The van der Waals surface area contributed by atoms with Crippen molar-refractivity contribution in [1.29, 1.82) is 0 Å². The van der Waals surface area contributed by atoms with Crippen LogP contribution in [0, 0.1) is 0 Å². The Labute approximate surface area is 192 Å². The van der Waals surface area contributed by atoms with Gasteiger partial charge in [0.2, 0.25) is 5.91 Å². The molecule has 1 aliphatic heterocycles. The number of carbonyl (C=O) groups excluding carboxylic acids is 2. The van der Waals surface area contributed by atoms with Gasteiger partial charge in [0.1, 0.15) is 11.1 Å². The van der Waals surface area contributed by atoms with Gasteiger partial charge in [0, 0.05) is 16.9 Å². The van der Waals surface area contributed by atoms with Crippen molar-refractivity contribution >= 4 is 35.0 Å². The minimum atomic E-state index is -0.211. The monoisotopic (exact) mass is 446 g/mol. The van der Waals surface area contributed by atoms with Crippen LogP contribution in [0.5, 0.6) is 5.75 Å². The number of nitrogens with zero attached hydrogens (tertiary/aromatic N) is 1. The van der Waals surface area contributed by atoms with E-state index in [4.69, 9.17) is 4.74 Å². The molecule has 0 saturated carbocycles. The summed E-state index contributed by atoms with van der Waals surface area (Å²) in [4.78, 5) is 27.3. The van der Waals surface area contributed by atoms with Crippen molar-refractivity contribution in [2.45, 2.75) is 25.1 Å². The fourth-order valence-corrected chi connectivity index (χ4v) is 4.87. The van der Waals surface area contributed by atoms with Crippen LogP contribution in [0.15, 0.2) is 72.8 Å². The van der Waals surface area contributed by atoms with Crippen molar-refractivity contribution < 1.29 is 14.3 Å². The number of methoxy groups -OCH3 is 1. The second-order valence-electron chi connectivity index (χ2n) is 7.98. The molecule has 4 rings (SSSR count). The number of rotatable bonds is 6. The van der Waals surface area contributed by atoms with Crippen LogP contribution in [0.3, 0.4) is 0 Å². The third-order valence-electron chi connectivity index (χ3n) is 5.47. The maximum atomic E-state index is 12.7. The number of hydrogen-bond acceptors (Lipinski definition) is 4. The first kappa shape index (κ1) is 22.0. The summed E-state index contributed by atoms with van der Waals surface area (Å²) in [7, 11) is 1.57. The summed E-state index contributed by atoms with van der Waals surface area (Å²) in [6.07, 6.45) is 0. The molecule has 32 heavy (non-hydrogen) atoms. The molecule has 1 aliphatic rings. The van der Waals surface area contributed by atoms with Crippen molar-refractivity contribution in [3.63, 3.8) is 0 Å². The second kappa shape index (κ2) is 9.49. The summed E-state index contributed by atoms with van der Waals surface area (Å²) < 4.78 is 5.21. The van der Waals surface area contributed by atoms with Gasteiger partial charge in [0.25, 0.3) is 5.91 Å². The molecular weight excluding hydrogens is 420 g/mol. The Kier molecular flexibility index (Phi) is 6.51. The fraction of sp³-hybridized carbons (Fsp3) is 0.231. The SMILES string of the molecule is COc1cccc(C(=O)Nc2cccc([C@H]3SCC(=O)N3c3ccc(C(C)C)cc3)c2)c1. The molecule has 3 aromatic rings. The lowest BCUT2D eigenvalue weighted by atomic mass is 10.0. The van der Waals surface area contributed by atoms with Crippen LogP contribution in [-0.2, 0) is 4.79 Å². The van der Waals surface area contributed by atoms with E-state index in [1.165, 1.54) is 5.56 Å². The molecule has 6 heteroatoms. The highest BCUT2D eigenvalue weighted by atomic mass is 32.2. The van der Waals surface area contributed by atoms with Crippen LogP contribution in [0.2, 0.25) is 0 Å². The number of amides is 2. The zero-order valence-electron chi connectivity index (χ0n) is 18.4. The Bertz CT molecular complexity index is 1130. The van der Waals surface area contributed by atoms with E-state index in [1.54, 1.807) is 43.1 Å². The van der Waals surface area contributed by atoms with Gasteiger partial charge in [-0.25, -0.2) is 0 Å². The maximum Gasteiger partial charge on any atom is 0.255 e. The van der Waals surface area contributed by atoms with Gasteiger partial charge in [0.05, 0.1) is 12.9 Å². The van der Waals surface area contributed by atoms with Crippen LogP contribution < -0.4 is 15.0 Å². The first-order valence-electron chi connectivity index (χ1n) is 10.6. The maximum absolute atomic E-state index is 12.7. The fourth-order valence-electron chi connectivity index (χ4n) is 3.71. The molecule has 1 N–H and O–H groups in total. The Morgan fingerprint density at radius 2 is 1.81 bits per heavy atom. The van der Waals surface area contributed by atoms with Gasteiger partial charge in [-0.15, -0.1) is 11.8 Å². The van der Waals surface area contributed by atoms with Crippen molar-refractivity contribution in [1.82, 2.24) is 0 Å². The first-order valence-corrected chi connectivity index (χ1v) is 11.6. The zero-order chi connectivity index (χ0) is 22.7. The van der Waals surface area contributed by atoms with Crippen molar-refractivity contribution in [3.05, 3.63) is 89.5 Å². The third-order valence-corrected chi connectivity index (χ3v) is 6.68. The Balaban J connectivity index is 1.56. The molecule has 1 heterocycles. The Morgan fingerprint density at radius 3 is 2.53 bits per heavy atom. The minimum absolute atomic E-state index is 0.0862. The zero-order valence-corrected chi connectivity index (χ0v) is 19.2. The molecule has 1 saturated heterocycles. The van der Waals surface area contributed by atoms with Crippen LogP contribution in [0.4, 0.5) is 11.4 Å². The Morgan fingerprint density at radius 1 is 1.06 bits per heavy atom. The van der Waals surface area contributed by atoms with E-state index in [1.807, 2.05) is 41.3 Å². The molecule has 2 amide bonds. The molecule has 0 bridgehead atoms. The van der Waals surface area contributed by atoms with E-state index in [0.29, 0.717) is 28.7 Å². The molecule has 5 nitrogen and oxygen atoms in total. The first-order chi connectivity index (χ1) is 15.5. The molecule has 0 unspecified atom stereocenters. The number of hydrogen-bond donors (Lipinski definition) is 1. The lowest BCUT2D eigenvalue weighted by molar-refractivity contribution is -0.115. The highest BCUT2D eigenvalue weighted by Crippen LogP contribution is 2.42. The van der Waals surface area contributed by atoms with Gasteiger partial charge in [-0.3, -0.25) is 14.5 Å². The second-order valence-corrected chi connectivity index (χ2v) is 9.05. The van der Waals surface area contributed by atoms with Crippen molar-refractivity contribution in [2.24, 2.45) is 0 Å². The third kappa shape index (κ3) is 4.65. The average molecular weight is 447 g/mol. The molecular formula is C26H26N2O3S. The van der Waals surface area contributed by atoms with Gasteiger partial charge in [-0.2, -0.15) is 0 Å². The quantitative estimate of drug-likeness (QED) is 0.516. The summed E-state index contributed by atoms with van der Waals surface area (Å²) in [5, 5.41) is 2.81. The Hall–Kier alpha value is -3.25. The van der Waals surface area contributed by atoms with E-state index in [0.717, 1.165) is 11.3 Å². The summed E-state index contributed by atoms with van der Waals surface area (Å²) in [5.74, 6) is 1.37. The molecule has 1 atom stereocenters. The lowest BCUT2D eigenvalue weighted by Crippen LogP contribution is -2.27. The van der Waals surface area contributed by atoms with Gasteiger partial charge >= 0.3 is 0 Å². The van der Waals surface area contributed by atoms with E-state index in [9.17, 15) is 9.59 Å². The number of anilines is 2. The number of carbonyl (C=O) groups is 2. The van der Waals surface area contributed by atoms with Gasteiger partial charge < -0.3 is 10.1 Å². The van der Waals surface area contributed by atoms with Crippen molar-refractivity contribution in [2.75, 3.05) is 23.1 Å². The highest BCUT2D eigenvalue weighted by Gasteiger charge is 2.34. The highest BCUT2D eigenvalue weighted by molar-refractivity contribution is 8.00. The standard InChI is InChI=1S/C26H26N2O3S/c1-17(2)18-10-12-22(13-11-18)28-24(29)16-32-26(28)20-7-4-8-21(14-20)27-25(30)19-6-5-9-23(15-19)31-3/h4-15,17,26H,16H2,1-3H3,(H,27,30)/t26-/m1/s1. The largest absolute Gasteiger partial charge is 0.497 e. The molecule has 0 radical (unpaired) electrons. The molecule has 1 fully saturated rings. The molecule has 164 valence electrons. The van der Waals surface area contributed by atoms with E-state index >= 15 is 0 Å². The van der Waals surface area contributed by atoms with Crippen LogP contribution in [0.1, 0.15) is 46.6 Å². The summed E-state index contributed by atoms with van der Waals surface area (Å²) in [5.41, 5.74) is 4.31. The van der Waals surface area contributed by atoms with Gasteiger partial charge in [-0.1, -0.05) is 44.2 Å². The van der Waals surface area contributed by atoms with E-state index in [-0.39, 0.29) is 17.2 Å². The normalized spacial score (nSPS) is 15.8. The van der Waals surface area contributed by atoms with E-state index < -0.39 is 0 Å². The topological polar surface area (TPSA) is 58.6 Å². The summed E-state index contributed by atoms with van der Waals surface area (Å²) in [6, 6.07) is 22.9. The summed E-state index contributed by atoms with van der Waals surface area (Å²) in [6.45, 7) is 4.31. The molecule has 0 aromatic heterocycles. The van der Waals surface area contributed by atoms with Crippen LogP contribution in [-0.4, -0.2) is 24.7 Å².